The maximum absolute atomic E-state index is 11.4. The molecule has 112 valence electrons. The van der Waals surface area contributed by atoms with Gasteiger partial charge < -0.3 is 9.84 Å². The first-order chi connectivity index (χ1) is 9.84. The molecule has 1 N–H and O–H groups in total. The van der Waals surface area contributed by atoms with E-state index in [0.29, 0.717) is 12.3 Å². The van der Waals surface area contributed by atoms with E-state index in [1.807, 2.05) is 52.0 Å². The number of ether oxygens (including phenoxy) is 1. The number of hydrogen-bond acceptors (Lipinski definition) is 4. The van der Waals surface area contributed by atoms with E-state index in [1.165, 1.54) is 0 Å². The van der Waals surface area contributed by atoms with Gasteiger partial charge >= 0.3 is 5.97 Å². The molecule has 0 atom stereocenters. The standard InChI is InChI=1S/C15H19N3O3/c1-5-21-11-8-6-10(7-9-11)13-12(14(19)20)16-17-18(13)15(2,3)4/h6-9H,5H2,1-4H3,(H,19,20). The molecule has 0 radical (unpaired) electrons. The molecule has 1 aromatic heterocycles. The van der Waals surface area contributed by atoms with E-state index >= 15 is 0 Å². The topological polar surface area (TPSA) is 77.2 Å². The zero-order chi connectivity index (χ0) is 15.6. The van der Waals surface area contributed by atoms with Crippen molar-refractivity contribution < 1.29 is 14.6 Å². The predicted molar refractivity (Wildman–Crippen MR) is 78.6 cm³/mol. The molecule has 1 heterocycles. The molecule has 2 aromatic rings. The van der Waals surface area contributed by atoms with E-state index in [-0.39, 0.29) is 11.2 Å². The van der Waals surface area contributed by atoms with Crippen molar-refractivity contribution in [3.05, 3.63) is 30.0 Å². The van der Waals surface area contributed by atoms with Gasteiger partial charge in [-0.25, -0.2) is 9.48 Å². The van der Waals surface area contributed by atoms with Crippen LogP contribution in [0.2, 0.25) is 0 Å². The number of carboxylic acids is 1. The van der Waals surface area contributed by atoms with Gasteiger partial charge in [0.15, 0.2) is 5.69 Å². The van der Waals surface area contributed by atoms with Crippen LogP contribution in [-0.2, 0) is 5.54 Å². The van der Waals surface area contributed by atoms with Gasteiger partial charge in [0.05, 0.1) is 12.1 Å². The maximum atomic E-state index is 11.4. The van der Waals surface area contributed by atoms with Gasteiger partial charge in [-0.1, -0.05) is 5.21 Å². The molecule has 0 aliphatic carbocycles. The second-order valence-corrected chi connectivity index (χ2v) is 5.63. The summed E-state index contributed by atoms with van der Waals surface area (Å²) in [7, 11) is 0. The molecule has 21 heavy (non-hydrogen) atoms. The Labute approximate surface area is 123 Å². The summed E-state index contributed by atoms with van der Waals surface area (Å²) in [6.07, 6.45) is 0. The van der Waals surface area contributed by atoms with Crippen molar-refractivity contribution in [1.29, 1.82) is 0 Å². The highest BCUT2D eigenvalue weighted by atomic mass is 16.5. The van der Waals surface area contributed by atoms with Crippen LogP contribution in [0.25, 0.3) is 11.3 Å². The van der Waals surface area contributed by atoms with Crippen molar-refractivity contribution >= 4 is 5.97 Å². The van der Waals surface area contributed by atoms with Crippen molar-refractivity contribution in [2.45, 2.75) is 33.2 Å². The molecule has 6 heteroatoms. The summed E-state index contributed by atoms with van der Waals surface area (Å²) in [6, 6.07) is 7.26. The highest BCUT2D eigenvalue weighted by Gasteiger charge is 2.26. The molecule has 0 saturated heterocycles. The highest BCUT2D eigenvalue weighted by Crippen LogP contribution is 2.29. The lowest BCUT2D eigenvalue weighted by atomic mass is 10.0. The fraction of sp³-hybridized carbons (Fsp3) is 0.400. The molecular formula is C15H19N3O3. The fourth-order valence-electron chi connectivity index (χ4n) is 2.03. The number of aromatic nitrogens is 3. The number of nitrogens with zero attached hydrogens (tertiary/aromatic N) is 3. The van der Waals surface area contributed by atoms with Gasteiger partial charge in [0, 0.05) is 5.56 Å². The number of carboxylic acid groups (broad SMARTS) is 1. The fourth-order valence-corrected chi connectivity index (χ4v) is 2.03. The summed E-state index contributed by atoms with van der Waals surface area (Å²) >= 11 is 0. The van der Waals surface area contributed by atoms with Crippen molar-refractivity contribution in [2.24, 2.45) is 0 Å². The van der Waals surface area contributed by atoms with E-state index in [9.17, 15) is 9.90 Å². The molecule has 0 amide bonds. The number of benzene rings is 1. The van der Waals surface area contributed by atoms with Gasteiger partial charge in [-0.2, -0.15) is 0 Å². The highest BCUT2D eigenvalue weighted by molar-refractivity contribution is 5.92. The largest absolute Gasteiger partial charge is 0.494 e. The van der Waals surface area contributed by atoms with Crippen LogP contribution >= 0.6 is 0 Å². The van der Waals surface area contributed by atoms with E-state index in [2.05, 4.69) is 10.3 Å². The Kier molecular flexibility index (Phi) is 3.97. The molecular weight excluding hydrogens is 270 g/mol. The van der Waals surface area contributed by atoms with Gasteiger partial charge in [0.2, 0.25) is 0 Å². The van der Waals surface area contributed by atoms with Crippen LogP contribution in [0.15, 0.2) is 24.3 Å². The zero-order valence-electron chi connectivity index (χ0n) is 12.6. The van der Waals surface area contributed by atoms with Gasteiger partial charge in [-0.3, -0.25) is 0 Å². The predicted octanol–water partition coefficient (Wildman–Crippen LogP) is 2.80. The van der Waals surface area contributed by atoms with E-state index < -0.39 is 5.97 Å². The molecule has 0 spiro atoms. The quantitative estimate of drug-likeness (QED) is 0.936. The lowest BCUT2D eigenvalue weighted by Crippen LogP contribution is -2.24. The average molecular weight is 289 g/mol. The van der Waals surface area contributed by atoms with Gasteiger partial charge in [-0.05, 0) is 52.0 Å². The smallest absolute Gasteiger partial charge is 0.358 e. The third-order valence-corrected chi connectivity index (χ3v) is 2.95. The minimum absolute atomic E-state index is 0.0471. The Balaban J connectivity index is 2.55. The minimum atomic E-state index is -1.09. The first kappa shape index (κ1) is 15.0. The molecule has 0 aliphatic rings. The third-order valence-electron chi connectivity index (χ3n) is 2.95. The molecule has 0 fully saturated rings. The molecule has 6 nitrogen and oxygen atoms in total. The summed E-state index contributed by atoms with van der Waals surface area (Å²) in [4.78, 5) is 11.4. The van der Waals surface area contributed by atoms with Crippen molar-refractivity contribution in [3.63, 3.8) is 0 Å². The molecule has 0 saturated carbocycles. The second-order valence-electron chi connectivity index (χ2n) is 5.63. The number of carbonyl (C=O) groups is 1. The second kappa shape index (κ2) is 5.55. The first-order valence-electron chi connectivity index (χ1n) is 6.77. The van der Waals surface area contributed by atoms with Gasteiger partial charge in [0.1, 0.15) is 11.4 Å². The average Bonchev–Trinajstić information content (AvgIpc) is 2.84. The summed E-state index contributed by atoms with van der Waals surface area (Å²) in [5, 5.41) is 17.1. The SMILES string of the molecule is CCOc1ccc(-c2c(C(=O)O)nnn2C(C)(C)C)cc1. The van der Waals surface area contributed by atoms with Gasteiger partial charge in [0.25, 0.3) is 0 Å². The van der Waals surface area contributed by atoms with Crippen LogP contribution in [0.4, 0.5) is 0 Å². The number of rotatable bonds is 4. The lowest BCUT2D eigenvalue weighted by molar-refractivity contribution is 0.0691. The normalized spacial score (nSPS) is 11.4. The summed E-state index contributed by atoms with van der Waals surface area (Å²) in [6.45, 7) is 8.35. The van der Waals surface area contributed by atoms with Crippen LogP contribution in [0.1, 0.15) is 38.2 Å². The molecule has 0 bridgehead atoms. The van der Waals surface area contributed by atoms with Crippen LogP contribution in [0.5, 0.6) is 5.75 Å². The summed E-state index contributed by atoms with van der Waals surface area (Å²) < 4.78 is 7.03. The van der Waals surface area contributed by atoms with Crippen LogP contribution in [0.3, 0.4) is 0 Å². The molecule has 0 aliphatic heterocycles. The first-order valence-corrected chi connectivity index (χ1v) is 6.77. The maximum Gasteiger partial charge on any atom is 0.358 e. The Morgan fingerprint density at radius 3 is 2.38 bits per heavy atom. The Morgan fingerprint density at radius 2 is 1.90 bits per heavy atom. The number of aromatic carboxylic acids is 1. The molecule has 2 rings (SSSR count). The Morgan fingerprint density at radius 1 is 1.29 bits per heavy atom. The van der Waals surface area contributed by atoms with Crippen LogP contribution in [0, 0.1) is 0 Å². The van der Waals surface area contributed by atoms with Crippen LogP contribution < -0.4 is 4.74 Å². The molecule has 1 aromatic carbocycles. The third kappa shape index (κ3) is 3.04. The van der Waals surface area contributed by atoms with Crippen molar-refractivity contribution in [1.82, 2.24) is 15.0 Å². The lowest BCUT2D eigenvalue weighted by Gasteiger charge is -2.21. The van der Waals surface area contributed by atoms with E-state index in [1.54, 1.807) is 4.68 Å². The van der Waals surface area contributed by atoms with Crippen molar-refractivity contribution in [2.75, 3.05) is 6.61 Å². The minimum Gasteiger partial charge on any atom is -0.494 e. The zero-order valence-corrected chi connectivity index (χ0v) is 12.6. The van der Waals surface area contributed by atoms with Gasteiger partial charge in [-0.15, -0.1) is 5.10 Å². The van der Waals surface area contributed by atoms with E-state index in [4.69, 9.17) is 4.74 Å². The number of hydrogen-bond donors (Lipinski definition) is 1. The monoisotopic (exact) mass is 289 g/mol. The Hall–Kier alpha value is -2.37. The van der Waals surface area contributed by atoms with Crippen molar-refractivity contribution in [3.8, 4) is 17.0 Å². The Bertz CT molecular complexity index is 639. The molecule has 0 unspecified atom stereocenters. The van der Waals surface area contributed by atoms with Crippen LogP contribution in [-0.4, -0.2) is 32.7 Å². The van der Waals surface area contributed by atoms with E-state index in [0.717, 1.165) is 11.3 Å². The summed E-state index contributed by atoms with van der Waals surface area (Å²) in [5.74, 6) is -0.345. The summed E-state index contributed by atoms with van der Waals surface area (Å²) in [5.41, 5.74) is 0.831.